The minimum Gasteiger partial charge on any atom is -0.360 e. The van der Waals surface area contributed by atoms with Crippen molar-refractivity contribution in [3.8, 4) is 0 Å². The highest BCUT2D eigenvalue weighted by atomic mass is 16.5. The average Bonchev–Trinajstić information content (AvgIpc) is 3.03. The Morgan fingerprint density at radius 1 is 1.16 bits per heavy atom. The highest BCUT2D eigenvalue weighted by Crippen LogP contribution is 2.42. The second-order valence-corrected chi connectivity index (χ2v) is 6.58. The van der Waals surface area contributed by atoms with Gasteiger partial charge in [-0.1, -0.05) is 18.0 Å². The summed E-state index contributed by atoms with van der Waals surface area (Å²) in [5, 5.41) is 7.06. The molecule has 0 unspecified atom stereocenters. The van der Waals surface area contributed by atoms with Crippen LogP contribution in [0.25, 0.3) is 0 Å². The van der Waals surface area contributed by atoms with E-state index in [1.54, 1.807) is 0 Å². The molecule has 0 aliphatic heterocycles. The molecule has 4 rings (SSSR count). The first-order chi connectivity index (χ1) is 9.28. The number of rotatable bonds is 3. The van der Waals surface area contributed by atoms with Gasteiger partial charge >= 0.3 is 0 Å². The Labute approximate surface area is 112 Å². The molecule has 1 N–H and O–H groups in total. The van der Waals surface area contributed by atoms with Gasteiger partial charge in [-0.05, 0) is 43.9 Å². The predicted molar refractivity (Wildman–Crippen MR) is 69.8 cm³/mol. The molecule has 0 spiro atoms. The normalized spacial score (nSPS) is 33.4. The summed E-state index contributed by atoms with van der Waals surface area (Å²) in [6.45, 7) is 0. The van der Waals surface area contributed by atoms with E-state index >= 15 is 0 Å². The van der Waals surface area contributed by atoms with Gasteiger partial charge in [0.25, 0.3) is 5.91 Å². The Balaban J connectivity index is 1.40. The molecule has 3 fully saturated rings. The van der Waals surface area contributed by atoms with Crippen molar-refractivity contribution in [3.63, 3.8) is 0 Å². The zero-order chi connectivity index (χ0) is 12.8. The van der Waals surface area contributed by atoms with Crippen LogP contribution in [0.2, 0.25) is 0 Å². The first kappa shape index (κ1) is 11.5. The van der Waals surface area contributed by atoms with E-state index < -0.39 is 0 Å². The van der Waals surface area contributed by atoms with E-state index in [-0.39, 0.29) is 5.91 Å². The number of carbonyl (C=O) groups excluding carboxylic acids is 1. The topological polar surface area (TPSA) is 55.1 Å². The number of fused-ring (bicyclic) bond motifs is 2. The zero-order valence-corrected chi connectivity index (χ0v) is 11.1. The fourth-order valence-corrected chi connectivity index (χ4v) is 3.84. The molecule has 1 aromatic rings. The molecule has 0 saturated heterocycles. The van der Waals surface area contributed by atoms with Crippen LogP contribution in [-0.4, -0.2) is 17.1 Å². The minimum atomic E-state index is -0.0537. The third-order valence-corrected chi connectivity index (χ3v) is 4.96. The van der Waals surface area contributed by atoms with Crippen molar-refractivity contribution in [1.29, 1.82) is 0 Å². The molecular formula is C15H20N2O2. The summed E-state index contributed by atoms with van der Waals surface area (Å²) in [5.41, 5.74) is 0.458. The van der Waals surface area contributed by atoms with Crippen LogP contribution < -0.4 is 5.32 Å². The van der Waals surface area contributed by atoms with Gasteiger partial charge in [-0.15, -0.1) is 0 Å². The molecule has 2 bridgehead atoms. The lowest BCUT2D eigenvalue weighted by Crippen LogP contribution is -2.39. The SMILES string of the molecule is O=C(N[C@@H]1C[C@@H]2CC[C@@H](C2)C1)c1cc(C2CC2)on1. The number of amides is 1. The smallest absolute Gasteiger partial charge is 0.273 e. The van der Waals surface area contributed by atoms with Crippen LogP contribution in [0, 0.1) is 11.8 Å². The van der Waals surface area contributed by atoms with Gasteiger partial charge in [0.1, 0.15) is 5.76 Å². The Hall–Kier alpha value is -1.32. The Morgan fingerprint density at radius 3 is 2.58 bits per heavy atom. The second kappa shape index (κ2) is 4.36. The van der Waals surface area contributed by atoms with Crippen molar-refractivity contribution < 1.29 is 9.32 Å². The van der Waals surface area contributed by atoms with Crippen LogP contribution >= 0.6 is 0 Å². The van der Waals surface area contributed by atoms with Gasteiger partial charge in [0.2, 0.25) is 0 Å². The largest absolute Gasteiger partial charge is 0.360 e. The molecule has 0 aromatic carbocycles. The maximum Gasteiger partial charge on any atom is 0.273 e. The fourth-order valence-electron chi connectivity index (χ4n) is 3.84. The zero-order valence-electron chi connectivity index (χ0n) is 11.1. The van der Waals surface area contributed by atoms with Gasteiger partial charge in [0.15, 0.2) is 5.69 Å². The van der Waals surface area contributed by atoms with Crippen LogP contribution in [0.3, 0.4) is 0 Å². The standard InChI is InChI=1S/C15H20N2O2/c18-15(13-8-14(19-17-13)11-3-4-11)16-12-6-9-1-2-10(5-9)7-12/h8-12H,1-7H2,(H,16,18)/t9-,10+,12-. The highest BCUT2D eigenvalue weighted by Gasteiger charge is 2.35. The molecule has 102 valence electrons. The molecule has 3 atom stereocenters. The van der Waals surface area contributed by atoms with E-state index in [9.17, 15) is 4.79 Å². The molecule has 4 nitrogen and oxygen atoms in total. The lowest BCUT2D eigenvalue weighted by Gasteiger charge is -2.28. The Kier molecular flexibility index (Phi) is 2.64. The predicted octanol–water partition coefficient (Wildman–Crippen LogP) is 2.86. The molecule has 4 heteroatoms. The summed E-state index contributed by atoms with van der Waals surface area (Å²) < 4.78 is 5.24. The fraction of sp³-hybridized carbons (Fsp3) is 0.733. The summed E-state index contributed by atoms with van der Waals surface area (Å²) >= 11 is 0. The van der Waals surface area contributed by atoms with Gasteiger partial charge in [0.05, 0.1) is 0 Å². The minimum absolute atomic E-state index is 0.0537. The molecule has 3 aliphatic rings. The van der Waals surface area contributed by atoms with E-state index in [1.165, 1.54) is 32.1 Å². The van der Waals surface area contributed by atoms with E-state index in [2.05, 4.69) is 10.5 Å². The quantitative estimate of drug-likeness (QED) is 0.909. The second-order valence-electron chi connectivity index (χ2n) is 6.58. The van der Waals surface area contributed by atoms with Crippen molar-refractivity contribution in [2.45, 2.75) is 56.9 Å². The number of nitrogens with zero attached hydrogens (tertiary/aromatic N) is 1. The molecule has 19 heavy (non-hydrogen) atoms. The maximum atomic E-state index is 12.2. The molecule has 3 aliphatic carbocycles. The molecule has 1 amide bonds. The number of nitrogens with one attached hydrogen (secondary N) is 1. The van der Waals surface area contributed by atoms with Crippen LogP contribution in [0.5, 0.6) is 0 Å². The van der Waals surface area contributed by atoms with Crippen molar-refractivity contribution >= 4 is 5.91 Å². The van der Waals surface area contributed by atoms with Gasteiger partial charge < -0.3 is 9.84 Å². The van der Waals surface area contributed by atoms with Crippen molar-refractivity contribution in [3.05, 3.63) is 17.5 Å². The third-order valence-electron chi connectivity index (χ3n) is 4.96. The summed E-state index contributed by atoms with van der Waals surface area (Å²) in [6.07, 6.45) is 8.72. The molecule has 1 heterocycles. The van der Waals surface area contributed by atoms with E-state index in [1.807, 2.05) is 6.07 Å². The molecule has 1 aromatic heterocycles. The number of hydrogen-bond acceptors (Lipinski definition) is 3. The van der Waals surface area contributed by atoms with Crippen LogP contribution in [-0.2, 0) is 0 Å². The van der Waals surface area contributed by atoms with E-state index in [4.69, 9.17) is 4.52 Å². The average molecular weight is 260 g/mol. The summed E-state index contributed by atoms with van der Waals surface area (Å²) in [5.74, 6) is 3.02. The van der Waals surface area contributed by atoms with Crippen LogP contribution in [0.1, 0.15) is 67.1 Å². The first-order valence-electron chi connectivity index (χ1n) is 7.55. The Morgan fingerprint density at radius 2 is 1.89 bits per heavy atom. The summed E-state index contributed by atoms with van der Waals surface area (Å²) in [4.78, 5) is 12.2. The lowest BCUT2D eigenvalue weighted by atomic mass is 9.85. The summed E-state index contributed by atoms with van der Waals surface area (Å²) in [7, 11) is 0. The highest BCUT2D eigenvalue weighted by molar-refractivity contribution is 5.92. The monoisotopic (exact) mass is 260 g/mol. The third kappa shape index (κ3) is 2.28. The van der Waals surface area contributed by atoms with Gasteiger partial charge in [-0.3, -0.25) is 4.79 Å². The van der Waals surface area contributed by atoms with Crippen LogP contribution in [0.15, 0.2) is 10.6 Å². The van der Waals surface area contributed by atoms with Crippen molar-refractivity contribution in [2.75, 3.05) is 0 Å². The van der Waals surface area contributed by atoms with Gasteiger partial charge in [-0.2, -0.15) is 0 Å². The number of hydrogen-bond donors (Lipinski definition) is 1. The van der Waals surface area contributed by atoms with Gasteiger partial charge in [-0.25, -0.2) is 0 Å². The van der Waals surface area contributed by atoms with Crippen molar-refractivity contribution in [2.24, 2.45) is 11.8 Å². The summed E-state index contributed by atoms with van der Waals surface area (Å²) in [6, 6.07) is 2.17. The van der Waals surface area contributed by atoms with E-state index in [0.29, 0.717) is 17.7 Å². The number of aromatic nitrogens is 1. The lowest BCUT2D eigenvalue weighted by molar-refractivity contribution is 0.0908. The molecular weight excluding hydrogens is 240 g/mol. The van der Waals surface area contributed by atoms with Gasteiger partial charge in [0, 0.05) is 18.0 Å². The molecule has 0 radical (unpaired) electrons. The Bertz CT molecular complexity index is 480. The van der Waals surface area contributed by atoms with Crippen LogP contribution in [0.4, 0.5) is 0 Å². The number of carbonyl (C=O) groups is 1. The first-order valence-corrected chi connectivity index (χ1v) is 7.55. The molecule has 3 saturated carbocycles. The maximum absolute atomic E-state index is 12.2. The van der Waals surface area contributed by atoms with Crippen molar-refractivity contribution in [1.82, 2.24) is 10.5 Å². The van der Waals surface area contributed by atoms with E-state index in [0.717, 1.165) is 30.4 Å².